The number of nitrogens with one attached hydrogen (secondary N) is 1. The predicted molar refractivity (Wildman–Crippen MR) is 89.1 cm³/mol. The maximum atomic E-state index is 13.9. The van der Waals surface area contributed by atoms with Gasteiger partial charge in [-0.2, -0.15) is 0 Å². The Kier molecular flexibility index (Phi) is 4.07. The summed E-state index contributed by atoms with van der Waals surface area (Å²) in [6.07, 6.45) is 2.18. The zero-order valence-electron chi connectivity index (χ0n) is 14.0. The Morgan fingerprint density at radius 1 is 1.20 bits per heavy atom. The number of amides is 1. The van der Waals surface area contributed by atoms with Gasteiger partial charge in [0.25, 0.3) is 5.91 Å². The minimum absolute atomic E-state index is 0.00949. The van der Waals surface area contributed by atoms with Gasteiger partial charge < -0.3 is 9.73 Å². The lowest BCUT2D eigenvalue weighted by Gasteiger charge is -2.49. The average Bonchev–Trinajstić information content (AvgIpc) is 3.11. The molecule has 4 heterocycles. The van der Waals surface area contributed by atoms with Crippen molar-refractivity contribution in [1.29, 1.82) is 0 Å². The second-order valence-electron chi connectivity index (χ2n) is 6.88. The summed E-state index contributed by atoms with van der Waals surface area (Å²) in [4.78, 5) is 14.9. The first-order valence-electron chi connectivity index (χ1n) is 8.63. The fraction of sp³-hybridized carbons (Fsp3) is 0.421. The van der Waals surface area contributed by atoms with Crippen LogP contribution in [0, 0.1) is 17.6 Å². The number of furan rings is 1. The van der Waals surface area contributed by atoms with Crippen molar-refractivity contribution in [2.45, 2.75) is 31.8 Å². The number of hydrogen-bond donors (Lipinski definition) is 1. The smallest absolute Gasteiger partial charge is 0.287 e. The Morgan fingerprint density at radius 2 is 1.96 bits per heavy atom. The normalized spacial score (nSPS) is 28.1. The third kappa shape index (κ3) is 2.84. The summed E-state index contributed by atoms with van der Waals surface area (Å²) >= 11 is 0. The number of benzene rings is 1. The maximum absolute atomic E-state index is 13.9. The van der Waals surface area contributed by atoms with Crippen LogP contribution < -0.4 is 5.32 Å². The van der Waals surface area contributed by atoms with E-state index in [1.807, 2.05) is 0 Å². The number of piperidine rings is 3. The molecule has 4 nitrogen and oxygen atoms in total. The molecule has 132 valence electrons. The maximum Gasteiger partial charge on any atom is 0.287 e. The molecular formula is C19H20F2N2O2. The third-order valence-corrected chi connectivity index (χ3v) is 5.52. The van der Waals surface area contributed by atoms with E-state index in [9.17, 15) is 13.6 Å². The SMILES string of the molecule is C[C@H]1[C@H](NC(=O)c2ccc(-c3cccc(F)c3F)o2)C2CCN1CC2. The van der Waals surface area contributed by atoms with E-state index in [0.717, 1.165) is 32.0 Å². The van der Waals surface area contributed by atoms with Crippen LogP contribution in [0.3, 0.4) is 0 Å². The van der Waals surface area contributed by atoms with E-state index in [1.54, 1.807) is 0 Å². The van der Waals surface area contributed by atoms with Crippen molar-refractivity contribution < 1.29 is 18.0 Å². The molecule has 6 heteroatoms. The second-order valence-corrected chi connectivity index (χ2v) is 6.88. The van der Waals surface area contributed by atoms with Crippen LogP contribution in [-0.2, 0) is 0 Å². The van der Waals surface area contributed by atoms with Gasteiger partial charge in [-0.1, -0.05) is 6.07 Å². The molecule has 3 aliphatic rings. The van der Waals surface area contributed by atoms with Crippen LogP contribution in [0.1, 0.15) is 30.3 Å². The summed E-state index contributed by atoms with van der Waals surface area (Å²) in [7, 11) is 0. The van der Waals surface area contributed by atoms with Gasteiger partial charge in [0, 0.05) is 12.1 Å². The first kappa shape index (κ1) is 16.3. The van der Waals surface area contributed by atoms with Crippen molar-refractivity contribution in [3.8, 4) is 11.3 Å². The van der Waals surface area contributed by atoms with E-state index in [1.165, 1.54) is 24.3 Å². The number of hydrogen-bond acceptors (Lipinski definition) is 3. The molecule has 1 aromatic carbocycles. The van der Waals surface area contributed by atoms with Gasteiger partial charge in [0.1, 0.15) is 5.76 Å². The topological polar surface area (TPSA) is 45.5 Å². The summed E-state index contributed by atoms with van der Waals surface area (Å²) in [5.74, 6) is -1.49. The van der Waals surface area contributed by atoms with Crippen molar-refractivity contribution >= 4 is 5.91 Å². The van der Waals surface area contributed by atoms with Gasteiger partial charge in [-0.15, -0.1) is 0 Å². The lowest BCUT2D eigenvalue weighted by molar-refractivity contribution is 0.0211. The van der Waals surface area contributed by atoms with Crippen molar-refractivity contribution in [3.05, 3.63) is 47.7 Å². The molecule has 3 saturated heterocycles. The molecule has 1 aromatic heterocycles. The van der Waals surface area contributed by atoms with Crippen LogP contribution in [0.2, 0.25) is 0 Å². The van der Waals surface area contributed by atoms with Crippen LogP contribution in [0.15, 0.2) is 34.7 Å². The monoisotopic (exact) mass is 346 g/mol. The van der Waals surface area contributed by atoms with Crippen LogP contribution >= 0.6 is 0 Å². The Balaban J connectivity index is 1.52. The molecule has 0 spiro atoms. The lowest BCUT2D eigenvalue weighted by Crippen LogP contribution is -2.62. The highest BCUT2D eigenvalue weighted by molar-refractivity contribution is 5.92. The molecular weight excluding hydrogens is 326 g/mol. The molecule has 3 aliphatic heterocycles. The Bertz CT molecular complexity index is 794. The van der Waals surface area contributed by atoms with Crippen LogP contribution in [0.4, 0.5) is 8.78 Å². The molecule has 2 atom stereocenters. The molecule has 1 N–H and O–H groups in total. The number of rotatable bonds is 3. The van der Waals surface area contributed by atoms with Crippen molar-refractivity contribution in [1.82, 2.24) is 10.2 Å². The standard InChI is InChI=1S/C19H20F2N2O2/c1-11-18(12-7-9-23(11)10-8-12)22-19(24)16-6-5-15(25-16)13-3-2-4-14(20)17(13)21/h2-6,11-12,18H,7-10H2,1H3,(H,22,24)/t11-,18-/m0/s1. The number of carbonyl (C=O) groups is 1. The van der Waals surface area contributed by atoms with Gasteiger partial charge in [-0.05, 0) is 63.0 Å². The number of carbonyl (C=O) groups excluding carboxylic acids is 1. The van der Waals surface area contributed by atoms with Gasteiger partial charge in [-0.25, -0.2) is 8.78 Å². The van der Waals surface area contributed by atoms with E-state index in [0.29, 0.717) is 12.0 Å². The number of fused-ring (bicyclic) bond motifs is 3. The number of halogens is 2. The van der Waals surface area contributed by atoms with Gasteiger partial charge in [-0.3, -0.25) is 9.69 Å². The second kappa shape index (κ2) is 6.26. The molecule has 25 heavy (non-hydrogen) atoms. The fourth-order valence-electron chi connectivity index (χ4n) is 4.07. The van der Waals surface area contributed by atoms with E-state index >= 15 is 0 Å². The average molecular weight is 346 g/mol. The van der Waals surface area contributed by atoms with Crippen molar-refractivity contribution in [2.24, 2.45) is 5.92 Å². The zero-order valence-corrected chi connectivity index (χ0v) is 14.0. The van der Waals surface area contributed by atoms with Crippen LogP contribution in [0.25, 0.3) is 11.3 Å². The highest BCUT2D eigenvalue weighted by Crippen LogP contribution is 2.32. The quantitative estimate of drug-likeness (QED) is 0.926. The summed E-state index contributed by atoms with van der Waals surface area (Å²) in [6, 6.07) is 7.26. The van der Waals surface area contributed by atoms with Crippen molar-refractivity contribution in [3.63, 3.8) is 0 Å². The van der Waals surface area contributed by atoms with Crippen LogP contribution in [-0.4, -0.2) is 36.0 Å². The fourth-order valence-corrected chi connectivity index (χ4v) is 4.07. The molecule has 2 bridgehead atoms. The molecule has 3 fully saturated rings. The van der Waals surface area contributed by atoms with E-state index in [-0.39, 0.29) is 29.0 Å². The summed E-state index contributed by atoms with van der Waals surface area (Å²) in [5, 5.41) is 3.06. The van der Waals surface area contributed by atoms with Gasteiger partial charge in [0.2, 0.25) is 0 Å². The largest absolute Gasteiger partial charge is 0.451 e. The molecule has 1 amide bonds. The Morgan fingerprint density at radius 3 is 2.68 bits per heavy atom. The summed E-state index contributed by atoms with van der Waals surface area (Å²) in [5.41, 5.74) is 0.00949. The molecule has 2 aromatic rings. The Hall–Kier alpha value is -2.21. The molecule has 5 rings (SSSR count). The minimum Gasteiger partial charge on any atom is -0.451 e. The van der Waals surface area contributed by atoms with Gasteiger partial charge in [0.15, 0.2) is 17.4 Å². The first-order valence-corrected chi connectivity index (χ1v) is 8.63. The van der Waals surface area contributed by atoms with E-state index < -0.39 is 11.6 Å². The van der Waals surface area contributed by atoms with Crippen molar-refractivity contribution in [2.75, 3.05) is 13.1 Å². The van der Waals surface area contributed by atoms with E-state index in [4.69, 9.17) is 4.42 Å². The summed E-state index contributed by atoms with van der Waals surface area (Å²) < 4.78 is 32.7. The Labute approximate surface area is 144 Å². The lowest BCUT2D eigenvalue weighted by atomic mass is 9.79. The summed E-state index contributed by atoms with van der Waals surface area (Å²) in [6.45, 7) is 4.30. The molecule has 0 saturated carbocycles. The highest BCUT2D eigenvalue weighted by Gasteiger charge is 2.40. The van der Waals surface area contributed by atoms with Gasteiger partial charge >= 0.3 is 0 Å². The highest BCUT2D eigenvalue weighted by atomic mass is 19.2. The predicted octanol–water partition coefficient (Wildman–Crippen LogP) is 3.44. The number of nitrogens with zero attached hydrogens (tertiary/aromatic N) is 1. The molecule has 0 aliphatic carbocycles. The van der Waals surface area contributed by atoms with E-state index in [2.05, 4.69) is 17.1 Å². The van der Waals surface area contributed by atoms with Gasteiger partial charge in [0.05, 0.1) is 5.56 Å². The third-order valence-electron chi connectivity index (χ3n) is 5.52. The van der Waals surface area contributed by atoms with Crippen LogP contribution in [0.5, 0.6) is 0 Å². The zero-order chi connectivity index (χ0) is 17.6. The molecule has 0 unspecified atom stereocenters. The minimum atomic E-state index is -0.977. The first-order chi connectivity index (χ1) is 12.0. The molecule has 0 radical (unpaired) electrons.